The first-order valence-electron chi connectivity index (χ1n) is 3.00. The molecule has 0 aromatic carbocycles. The quantitative estimate of drug-likeness (QED) is 0.432. The van der Waals surface area contributed by atoms with Crippen molar-refractivity contribution < 1.29 is 9.53 Å². The molecule has 0 aliphatic carbocycles. The Morgan fingerprint density at radius 3 is 2.70 bits per heavy atom. The number of ether oxygens (including phenoxy) is 1. The first kappa shape index (κ1) is 10.9. The third-order valence-electron chi connectivity index (χ3n) is 1.05. The molecule has 0 aromatic rings. The minimum Gasteiger partial charge on any atom is -0.468 e. The molecule has 1 unspecified atom stereocenters. The van der Waals surface area contributed by atoms with Gasteiger partial charge in [-0.15, -0.1) is 0 Å². The minimum atomic E-state index is -0.106. The smallest absolute Gasteiger partial charge is 0.318 e. The van der Waals surface area contributed by atoms with Crippen molar-refractivity contribution in [1.29, 1.82) is 0 Å². The van der Waals surface area contributed by atoms with Crippen molar-refractivity contribution in [1.82, 2.24) is 0 Å². The molecular weight excluding hydrogens is 358 g/mol. The van der Waals surface area contributed by atoms with Gasteiger partial charge in [-0.1, -0.05) is 45.2 Å². The molecule has 0 aliphatic rings. The van der Waals surface area contributed by atoms with Gasteiger partial charge in [0.2, 0.25) is 0 Å². The summed E-state index contributed by atoms with van der Waals surface area (Å²) in [6.07, 6.45) is 2.01. The van der Waals surface area contributed by atoms with Crippen molar-refractivity contribution in [3.63, 3.8) is 0 Å². The Morgan fingerprint density at radius 1 is 1.70 bits per heavy atom. The molecule has 1 atom stereocenters. The summed E-state index contributed by atoms with van der Waals surface area (Å²) in [5, 5.41) is 0. The van der Waals surface area contributed by atoms with E-state index >= 15 is 0 Å². The topological polar surface area (TPSA) is 26.3 Å². The number of carbonyl (C=O) groups excluding carboxylic acids is 1. The third-order valence-corrected chi connectivity index (χ3v) is 2.94. The molecule has 0 bridgehead atoms. The number of carbonyl (C=O) groups is 1. The number of hydrogen-bond donors (Lipinski definition) is 0. The highest BCUT2D eigenvalue weighted by Crippen LogP contribution is 2.11. The Labute approximate surface area is 88.4 Å². The maximum absolute atomic E-state index is 10.8. The average Bonchev–Trinajstić information content (AvgIpc) is 1.98. The van der Waals surface area contributed by atoms with E-state index in [-0.39, 0.29) is 9.89 Å². The summed E-state index contributed by atoms with van der Waals surface area (Å²) in [5.74, 6) is -0.106. The molecule has 0 N–H and O–H groups in total. The van der Waals surface area contributed by atoms with Gasteiger partial charge in [-0.05, 0) is 17.3 Å². The second kappa shape index (κ2) is 6.63. The van der Waals surface area contributed by atoms with Gasteiger partial charge in [0, 0.05) is 0 Å². The Bertz CT molecular complexity index is 106. The summed E-state index contributed by atoms with van der Waals surface area (Å²) in [6.45, 7) is 0. The minimum absolute atomic E-state index is 0.0392. The molecule has 60 valence electrons. The Morgan fingerprint density at radius 2 is 2.30 bits per heavy atom. The van der Waals surface area contributed by atoms with Crippen LogP contribution in [0.15, 0.2) is 0 Å². The summed E-state index contributed by atoms with van der Waals surface area (Å²) in [5.41, 5.74) is 0. The molecule has 0 saturated heterocycles. The summed E-state index contributed by atoms with van der Waals surface area (Å²) in [6, 6.07) is 0. The van der Waals surface area contributed by atoms with E-state index in [1.54, 1.807) is 0 Å². The van der Waals surface area contributed by atoms with E-state index in [1.165, 1.54) is 7.11 Å². The SMILES string of the molecule is COC(=O)C(I)CCCI. The van der Waals surface area contributed by atoms with E-state index < -0.39 is 0 Å². The molecule has 0 amide bonds. The van der Waals surface area contributed by atoms with Crippen LogP contribution in [0.5, 0.6) is 0 Å². The molecule has 0 spiro atoms. The van der Waals surface area contributed by atoms with Gasteiger partial charge in [0.25, 0.3) is 0 Å². The van der Waals surface area contributed by atoms with Crippen LogP contribution < -0.4 is 0 Å². The number of esters is 1. The summed E-state index contributed by atoms with van der Waals surface area (Å²) < 4.78 is 5.70. The Balaban J connectivity index is 3.41. The lowest BCUT2D eigenvalue weighted by molar-refractivity contribution is -0.139. The maximum atomic E-state index is 10.8. The molecule has 0 radical (unpaired) electrons. The second-order valence-corrected chi connectivity index (χ2v) is 4.40. The fourth-order valence-corrected chi connectivity index (χ4v) is 1.64. The van der Waals surface area contributed by atoms with Gasteiger partial charge >= 0.3 is 5.97 Å². The number of rotatable bonds is 4. The monoisotopic (exact) mass is 368 g/mol. The number of methoxy groups -OCH3 is 1. The van der Waals surface area contributed by atoms with Crippen LogP contribution in [0, 0.1) is 0 Å². The molecule has 0 rings (SSSR count). The van der Waals surface area contributed by atoms with Gasteiger partial charge in [0.05, 0.1) is 7.11 Å². The van der Waals surface area contributed by atoms with Crippen LogP contribution in [0.2, 0.25) is 0 Å². The number of hydrogen-bond acceptors (Lipinski definition) is 2. The zero-order valence-corrected chi connectivity index (χ0v) is 10.1. The molecule has 0 fully saturated rings. The molecule has 0 saturated carbocycles. The highest BCUT2D eigenvalue weighted by Gasteiger charge is 2.13. The van der Waals surface area contributed by atoms with Crippen LogP contribution in [0.1, 0.15) is 12.8 Å². The standard InChI is InChI=1S/C6H10I2O2/c1-10-6(9)5(8)3-2-4-7/h5H,2-4H2,1H3. The van der Waals surface area contributed by atoms with Gasteiger partial charge in [0.1, 0.15) is 3.92 Å². The molecule has 0 heterocycles. The molecular formula is C6H10I2O2. The highest BCUT2D eigenvalue weighted by atomic mass is 127. The second-order valence-electron chi connectivity index (χ2n) is 1.82. The van der Waals surface area contributed by atoms with E-state index in [4.69, 9.17) is 0 Å². The zero-order valence-electron chi connectivity index (χ0n) is 5.77. The van der Waals surface area contributed by atoms with Crippen LogP contribution in [0.25, 0.3) is 0 Å². The van der Waals surface area contributed by atoms with Crippen LogP contribution in [-0.4, -0.2) is 21.4 Å². The van der Waals surface area contributed by atoms with Crippen molar-refractivity contribution in [3.05, 3.63) is 0 Å². The Hall–Kier alpha value is 0.930. The fraction of sp³-hybridized carbons (Fsp3) is 0.833. The van der Waals surface area contributed by atoms with E-state index in [0.29, 0.717) is 0 Å². The lowest BCUT2D eigenvalue weighted by Crippen LogP contribution is -2.15. The summed E-state index contributed by atoms with van der Waals surface area (Å²) in [7, 11) is 1.43. The first-order chi connectivity index (χ1) is 4.72. The van der Waals surface area contributed by atoms with Crippen molar-refractivity contribution in [2.24, 2.45) is 0 Å². The molecule has 2 nitrogen and oxygen atoms in total. The zero-order chi connectivity index (χ0) is 7.98. The van der Waals surface area contributed by atoms with E-state index in [9.17, 15) is 4.79 Å². The van der Waals surface area contributed by atoms with Crippen molar-refractivity contribution in [3.8, 4) is 0 Å². The summed E-state index contributed by atoms with van der Waals surface area (Å²) >= 11 is 4.41. The van der Waals surface area contributed by atoms with Crippen molar-refractivity contribution >= 4 is 51.2 Å². The van der Waals surface area contributed by atoms with Gasteiger partial charge in [-0.25, -0.2) is 0 Å². The Kier molecular flexibility index (Phi) is 7.24. The van der Waals surface area contributed by atoms with Crippen LogP contribution in [0.3, 0.4) is 0 Å². The summed E-state index contributed by atoms with van der Waals surface area (Å²) in [4.78, 5) is 10.8. The van der Waals surface area contributed by atoms with Crippen LogP contribution in [0.4, 0.5) is 0 Å². The largest absolute Gasteiger partial charge is 0.468 e. The van der Waals surface area contributed by atoms with Gasteiger partial charge in [-0.2, -0.15) is 0 Å². The lowest BCUT2D eigenvalue weighted by atomic mass is 10.2. The third kappa shape index (κ3) is 4.70. The lowest BCUT2D eigenvalue weighted by Gasteiger charge is -2.04. The first-order valence-corrected chi connectivity index (χ1v) is 5.77. The van der Waals surface area contributed by atoms with Crippen molar-refractivity contribution in [2.45, 2.75) is 16.8 Å². The molecule has 10 heavy (non-hydrogen) atoms. The predicted octanol–water partition coefficient (Wildman–Crippen LogP) is 2.18. The molecule has 0 aromatic heterocycles. The van der Waals surface area contributed by atoms with E-state index in [0.717, 1.165) is 17.3 Å². The van der Waals surface area contributed by atoms with Gasteiger partial charge in [-0.3, -0.25) is 4.79 Å². The van der Waals surface area contributed by atoms with Crippen LogP contribution in [-0.2, 0) is 9.53 Å². The van der Waals surface area contributed by atoms with Crippen molar-refractivity contribution in [2.75, 3.05) is 11.5 Å². The normalized spacial score (nSPS) is 12.7. The van der Waals surface area contributed by atoms with E-state index in [2.05, 4.69) is 49.9 Å². The number of halogens is 2. The molecule has 0 aliphatic heterocycles. The molecule has 4 heteroatoms. The number of alkyl halides is 2. The predicted molar refractivity (Wildman–Crippen MR) is 57.9 cm³/mol. The highest BCUT2D eigenvalue weighted by molar-refractivity contribution is 14.1. The van der Waals surface area contributed by atoms with E-state index in [1.807, 2.05) is 0 Å². The average molecular weight is 368 g/mol. The van der Waals surface area contributed by atoms with Gasteiger partial charge < -0.3 is 4.74 Å². The van der Waals surface area contributed by atoms with Gasteiger partial charge in [0.15, 0.2) is 0 Å². The maximum Gasteiger partial charge on any atom is 0.318 e. The fourth-order valence-electron chi connectivity index (χ4n) is 0.502. The van der Waals surface area contributed by atoms with Crippen LogP contribution >= 0.6 is 45.2 Å².